The Hall–Kier alpha value is -2.78. The lowest BCUT2D eigenvalue weighted by Gasteiger charge is -2.17. The molecule has 0 aliphatic carbocycles. The quantitative estimate of drug-likeness (QED) is 0.698. The molecular formula is C18H22N6O2S. The minimum atomic E-state index is -3.51. The number of aromatic nitrogens is 4. The highest BCUT2D eigenvalue weighted by molar-refractivity contribution is 7.89. The molecule has 2 aromatic carbocycles. The molecule has 1 aromatic heterocycles. The van der Waals surface area contributed by atoms with Crippen LogP contribution in [0.3, 0.4) is 0 Å². The second-order valence-electron chi connectivity index (χ2n) is 6.40. The molecule has 0 radical (unpaired) electrons. The Morgan fingerprint density at radius 3 is 2.48 bits per heavy atom. The predicted octanol–water partition coefficient (Wildman–Crippen LogP) is 2.14. The van der Waals surface area contributed by atoms with Crippen LogP contribution in [0.4, 0.5) is 5.69 Å². The molecule has 3 rings (SSSR count). The first-order chi connectivity index (χ1) is 12.8. The third kappa shape index (κ3) is 3.83. The molecule has 3 aromatic rings. The van der Waals surface area contributed by atoms with Gasteiger partial charge in [0.2, 0.25) is 10.0 Å². The molecule has 0 unspecified atom stereocenters. The summed E-state index contributed by atoms with van der Waals surface area (Å²) in [6, 6.07) is 12.9. The smallest absolute Gasteiger partial charge is 0.242 e. The molecule has 0 bridgehead atoms. The van der Waals surface area contributed by atoms with Crippen molar-refractivity contribution in [2.75, 3.05) is 19.4 Å². The number of rotatable bonds is 6. The normalized spacial score (nSPS) is 11.7. The molecule has 0 amide bonds. The van der Waals surface area contributed by atoms with Gasteiger partial charge in [0.25, 0.3) is 0 Å². The van der Waals surface area contributed by atoms with Crippen molar-refractivity contribution in [3.05, 3.63) is 59.4 Å². The molecule has 0 saturated carbocycles. The van der Waals surface area contributed by atoms with E-state index >= 15 is 0 Å². The summed E-state index contributed by atoms with van der Waals surface area (Å²) in [6.45, 7) is 4.20. The van der Waals surface area contributed by atoms with Gasteiger partial charge in [-0.2, -0.15) is 4.68 Å². The lowest BCUT2D eigenvalue weighted by Crippen LogP contribution is -2.22. The van der Waals surface area contributed by atoms with Crippen molar-refractivity contribution in [3.8, 4) is 5.69 Å². The van der Waals surface area contributed by atoms with E-state index in [2.05, 4.69) is 20.8 Å². The van der Waals surface area contributed by atoms with Crippen LogP contribution < -0.4 is 5.32 Å². The molecule has 8 nitrogen and oxygen atoms in total. The van der Waals surface area contributed by atoms with E-state index in [0.717, 1.165) is 22.5 Å². The lowest BCUT2D eigenvalue weighted by molar-refractivity contribution is 0.520. The van der Waals surface area contributed by atoms with Crippen molar-refractivity contribution in [3.63, 3.8) is 0 Å². The van der Waals surface area contributed by atoms with Gasteiger partial charge in [-0.05, 0) is 59.7 Å². The van der Waals surface area contributed by atoms with E-state index in [4.69, 9.17) is 0 Å². The Morgan fingerprint density at radius 2 is 1.81 bits per heavy atom. The van der Waals surface area contributed by atoms with Crippen LogP contribution in [0, 0.1) is 13.8 Å². The van der Waals surface area contributed by atoms with Crippen molar-refractivity contribution in [2.24, 2.45) is 0 Å². The zero-order chi connectivity index (χ0) is 19.6. The van der Waals surface area contributed by atoms with Crippen LogP contribution in [0.15, 0.2) is 47.4 Å². The Bertz CT molecular complexity index is 1040. The van der Waals surface area contributed by atoms with Crippen LogP contribution in [-0.2, 0) is 16.6 Å². The fourth-order valence-electron chi connectivity index (χ4n) is 2.63. The maximum absolute atomic E-state index is 12.5. The summed E-state index contributed by atoms with van der Waals surface area (Å²) >= 11 is 0. The summed E-state index contributed by atoms with van der Waals surface area (Å²) in [6.07, 6.45) is 0. The number of para-hydroxylation sites is 1. The van der Waals surface area contributed by atoms with E-state index in [1.807, 2.05) is 44.2 Å². The zero-order valence-corrected chi connectivity index (χ0v) is 16.5. The Morgan fingerprint density at radius 1 is 1.11 bits per heavy atom. The molecule has 142 valence electrons. The van der Waals surface area contributed by atoms with Gasteiger partial charge in [0.05, 0.1) is 17.1 Å². The summed E-state index contributed by atoms with van der Waals surface area (Å²) < 4.78 is 27.8. The number of nitrogens with zero attached hydrogens (tertiary/aromatic N) is 5. The zero-order valence-electron chi connectivity index (χ0n) is 15.7. The van der Waals surface area contributed by atoms with E-state index in [1.54, 1.807) is 16.8 Å². The molecule has 9 heteroatoms. The average Bonchev–Trinajstić information content (AvgIpc) is 3.11. The van der Waals surface area contributed by atoms with Gasteiger partial charge in [-0.15, -0.1) is 5.10 Å². The van der Waals surface area contributed by atoms with Crippen LogP contribution in [0.1, 0.15) is 17.0 Å². The standard InChI is InChI=1S/C18H22N6O2S/c1-13-10-16(27(25,26)23(3)4)11-17(14(13)2)19-12-18-20-21-22-24(18)15-8-6-5-7-9-15/h5-11,19H,12H2,1-4H3. The van der Waals surface area contributed by atoms with Gasteiger partial charge in [-0.3, -0.25) is 0 Å². The first-order valence-corrected chi connectivity index (χ1v) is 9.85. The van der Waals surface area contributed by atoms with Crippen molar-refractivity contribution >= 4 is 15.7 Å². The van der Waals surface area contributed by atoms with E-state index < -0.39 is 10.0 Å². The fourth-order valence-corrected chi connectivity index (χ4v) is 3.64. The molecular weight excluding hydrogens is 364 g/mol. The molecule has 0 aliphatic heterocycles. The van der Waals surface area contributed by atoms with Crippen molar-refractivity contribution < 1.29 is 8.42 Å². The molecule has 1 N–H and O–H groups in total. The second kappa shape index (κ2) is 7.45. The van der Waals surface area contributed by atoms with Gasteiger partial charge in [0.1, 0.15) is 0 Å². The number of benzene rings is 2. The number of nitrogens with one attached hydrogen (secondary N) is 1. The third-order valence-electron chi connectivity index (χ3n) is 4.39. The van der Waals surface area contributed by atoms with E-state index in [0.29, 0.717) is 12.4 Å². The van der Waals surface area contributed by atoms with Gasteiger partial charge >= 0.3 is 0 Å². The Kier molecular flexibility index (Phi) is 5.24. The Labute approximate surface area is 158 Å². The second-order valence-corrected chi connectivity index (χ2v) is 8.55. The van der Waals surface area contributed by atoms with Crippen LogP contribution in [0.5, 0.6) is 0 Å². The number of anilines is 1. The molecule has 0 atom stereocenters. The first-order valence-electron chi connectivity index (χ1n) is 8.41. The van der Waals surface area contributed by atoms with Gasteiger partial charge < -0.3 is 5.32 Å². The minimum Gasteiger partial charge on any atom is -0.377 e. The lowest BCUT2D eigenvalue weighted by atomic mass is 10.1. The van der Waals surface area contributed by atoms with E-state index in [1.165, 1.54) is 18.4 Å². The number of hydrogen-bond donors (Lipinski definition) is 1. The summed E-state index contributed by atoms with van der Waals surface area (Å²) in [5.41, 5.74) is 3.46. The van der Waals surface area contributed by atoms with Gasteiger partial charge in [-0.1, -0.05) is 18.2 Å². The highest BCUT2D eigenvalue weighted by atomic mass is 32.2. The highest BCUT2D eigenvalue weighted by Gasteiger charge is 2.19. The maximum Gasteiger partial charge on any atom is 0.242 e. The molecule has 0 aliphatic rings. The summed E-state index contributed by atoms with van der Waals surface area (Å²) in [4.78, 5) is 0.251. The van der Waals surface area contributed by atoms with Crippen molar-refractivity contribution in [1.82, 2.24) is 24.5 Å². The largest absolute Gasteiger partial charge is 0.377 e. The fraction of sp³-hybridized carbons (Fsp3) is 0.278. The van der Waals surface area contributed by atoms with Gasteiger partial charge in [-0.25, -0.2) is 12.7 Å². The highest BCUT2D eigenvalue weighted by Crippen LogP contribution is 2.26. The van der Waals surface area contributed by atoms with Crippen LogP contribution in [0.2, 0.25) is 0 Å². The topological polar surface area (TPSA) is 93.0 Å². The first kappa shape index (κ1) is 19.0. The molecule has 0 saturated heterocycles. The number of tetrazole rings is 1. The van der Waals surface area contributed by atoms with Crippen LogP contribution in [-0.4, -0.2) is 47.0 Å². The Balaban J connectivity index is 1.90. The van der Waals surface area contributed by atoms with E-state index in [-0.39, 0.29) is 4.90 Å². The van der Waals surface area contributed by atoms with E-state index in [9.17, 15) is 8.42 Å². The molecule has 1 heterocycles. The SMILES string of the molecule is Cc1cc(S(=O)(=O)N(C)C)cc(NCc2nnnn2-c2ccccc2)c1C. The molecule has 0 spiro atoms. The number of sulfonamides is 1. The molecule has 27 heavy (non-hydrogen) atoms. The minimum absolute atomic E-state index is 0.251. The number of hydrogen-bond acceptors (Lipinski definition) is 6. The summed E-state index contributed by atoms with van der Waals surface area (Å²) in [5.74, 6) is 0.624. The summed E-state index contributed by atoms with van der Waals surface area (Å²) in [5, 5.41) is 15.1. The van der Waals surface area contributed by atoms with Crippen molar-refractivity contribution in [1.29, 1.82) is 0 Å². The van der Waals surface area contributed by atoms with Crippen LogP contribution >= 0.6 is 0 Å². The average molecular weight is 386 g/mol. The summed E-state index contributed by atoms with van der Waals surface area (Å²) in [7, 11) is -0.475. The van der Waals surface area contributed by atoms with Gasteiger partial charge in [0, 0.05) is 19.8 Å². The number of aryl methyl sites for hydroxylation is 1. The van der Waals surface area contributed by atoms with Crippen LogP contribution in [0.25, 0.3) is 5.69 Å². The van der Waals surface area contributed by atoms with Gasteiger partial charge in [0.15, 0.2) is 5.82 Å². The third-order valence-corrected chi connectivity index (χ3v) is 6.18. The maximum atomic E-state index is 12.5. The molecule has 0 fully saturated rings. The van der Waals surface area contributed by atoms with Crippen molar-refractivity contribution in [2.45, 2.75) is 25.3 Å². The monoisotopic (exact) mass is 386 g/mol. The predicted molar refractivity (Wildman–Crippen MR) is 103 cm³/mol.